The highest BCUT2D eigenvalue weighted by Crippen LogP contribution is 2.39. The minimum Gasteiger partial charge on any atom is -0.322 e. The molecule has 0 aromatic heterocycles. The van der Waals surface area contributed by atoms with Gasteiger partial charge in [-0.05, 0) is 29.5 Å². The van der Waals surface area contributed by atoms with Gasteiger partial charge in [-0.15, -0.1) is 11.8 Å². The largest absolute Gasteiger partial charge is 0.322 e. The first-order valence-corrected chi connectivity index (χ1v) is 9.16. The molecule has 3 rings (SSSR count). The van der Waals surface area contributed by atoms with Gasteiger partial charge in [-0.1, -0.05) is 67.9 Å². The van der Waals surface area contributed by atoms with Crippen molar-refractivity contribution in [2.24, 2.45) is 0 Å². The van der Waals surface area contributed by atoms with Gasteiger partial charge in [0.15, 0.2) is 0 Å². The van der Waals surface area contributed by atoms with E-state index in [0.29, 0.717) is 18.2 Å². The van der Waals surface area contributed by atoms with Crippen LogP contribution in [-0.4, -0.2) is 16.6 Å². The molecule has 1 saturated heterocycles. The number of amides is 1. The van der Waals surface area contributed by atoms with E-state index in [0.717, 1.165) is 0 Å². The number of benzene rings is 2. The molecule has 1 atom stereocenters. The fraction of sp³-hybridized carbons (Fsp3) is 0.350. The average molecular weight is 325 g/mol. The van der Waals surface area contributed by atoms with Crippen molar-refractivity contribution in [1.29, 1.82) is 0 Å². The van der Waals surface area contributed by atoms with E-state index in [1.165, 1.54) is 22.3 Å². The Labute approximate surface area is 142 Å². The Morgan fingerprint density at radius 3 is 2.35 bits per heavy atom. The second-order valence-electron chi connectivity index (χ2n) is 6.49. The topological polar surface area (TPSA) is 20.3 Å². The van der Waals surface area contributed by atoms with Gasteiger partial charge in [-0.25, -0.2) is 0 Å². The highest BCUT2D eigenvalue weighted by atomic mass is 32.2. The summed E-state index contributed by atoms with van der Waals surface area (Å²) < 4.78 is 0. The van der Waals surface area contributed by atoms with Gasteiger partial charge in [0.1, 0.15) is 5.37 Å². The lowest BCUT2D eigenvalue weighted by atomic mass is 10.0. The third-order valence-electron chi connectivity index (χ3n) is 4.33. The molecule has 0 aliphatic carbocycles. The van der Waals surface area contributed by atoms with Crippen LogP contribution in [-0.2, 0) is 11.3 Å². The quantitative estimate of drug-likeness (QED) is 0.797. The highest BCUT2D eigenvalue weighted by molar-refractivity contribution is 8.00. The van der Waals surface area contributed by atoms with Gasteiger partial charge in [0.2, 0.25) is 5.91 Å². The zero-order chi connectivity index (χ0) is 16.4. The lowest BCUT2D eigenvalue weighted by molar-refractivity contribution is -0.128. The lowest BCUT2D eigenvalue weighted by Gasteiger charge is -2.24. The first kappa shape index (κ1) is 16.1. The van der Waals surface area contributed by atoms with Gasteiger partial charge in [0.25, 0.3) is 0 Å². The molecular weight excluding hydrogens is 302 g/mol. The smallest absolute Gasteiger partial charge is 0.234 e. The Morgan fingerprint density at radius 1 is 1.09 bits per heavy atom. The second kappa shape index (κ2) is 6.79. The fourth-order valence-corrected chi connectivity index (χ4v) is 4.02. The Balaban J connectivity index is 1.80. The maximum Gasteiger partial charge on any atom is 0.234 e. The predicted octanol–water partition coefficient (Wildman–Crippen LogP) is 4.89. The van der Waals surface area contributed by atoms with Crippen molar-refractivity contribution in [1.82, 2.24) is 4.90 Å². The molecule has 0 radical (unpaired) electrons. The molecule has 0 bridgehead atoms. The van der Waals surface area contributed by atoms with Gasteiger partial charge in [0.05, 0.1) is 5.75 Å². The first-order valence-electron chi connectivity index (χ1n) is 8.11. The van der Waals surface area contributed by atoms with Crippen molar-refractivity contribution < 1.29 is 4.79 Å². The van der Waals surface area contributed by atoms with Crippen LogP contribution in [0.25, 0.3) is 0 Å². The molecular formula is C20H23NOS. The fourth-order valence-electron chi connectivity index (χ4n) is 2.84. The highest BCUT2D eigenvalue weighted by Gasteiger charge is 2.32. The molecule has 1 fully saturated rings. The standard InChI is InChI=1S/C20H23NOS/c1-14(2)17-8-10-18(11-9-17)20-21(19(22)13-23-20)12-16-6-4-15(3)5-7-16/h4-11,14,20H,12-13H2,1-3H3. The molecule has 0 saturated carbocycles. The number of aryl methyl sites for hydroxylation is 1. The monoisotopic (exact) mass is 325 g/mol. The molecule has 1 heterocycles. The second-order valence-corrected chi connectivity index (χ2v) is 7.56. The van der Waals surface area contributed by atoms with Crippen molar-refractivity contribution in [2.45, 2.75) is 38.6 Å². The van der Waals surface area contributed by atoms with Crippen LogP contribution in [0.1, 0.15) is 47.4 Å². The van der Waals surface area contributed by atoms with E-state index in [1.807, 2.05) is 4.90 Å². The molecule has 0 spiro atoms. The van der Waals surface area contributed by atoms with Crippen molar-refractivity contribution in [2.75, 3.05) is 5.75 Å². The zero-order valence-electron chi connectivity index (χ0n) is 14.0. The van der Waals surface area contributed by atoms with Crippen LogP contribution in [0.3, 0.4) is 0 Å². The normalized spacial score (nSPS) is 18.0. The van der Waals surface area contributed by atoms with Gasteiger partial charge in [0, 0.05) is 6.54 Å². The summed E-state index contributed by atoms with van der Waals surface area (Å²) in [5.74, 6) is 1.33. The van der Waals surface area contributed by atoms with E-state index in [-0.39, 0.29) is 11.3 Å². The summed E-state index contributed by atoms with van der Waals surface area (Å²) in [5.41, 5.74) is 5.00. The van der Waals surface area contributed by atoms with Crippen LogP contribution in [0, 0.1) is 6.92 Å². The predicted molar refractivity (Wildman–Crippen MR) is 97.5 cm³/mol. The Kier molecular flexibility index (Phi) is 4.76. The number of carbonyl (C=O) groups is 1. The first-order chi connectivity index (χ1) is 11.0. The van der Waals surface area contributed by atoms with Crippen LogP contribution in [0.4, 0.5) is 0 Å². The Hall–Kier alpha value is -1.74. The van der Waals surface area contributed by atoms with E-state index >= 15 is 0 Å². The van der Waals surface area contributed by atoms with Crippen LogP contribution in [0.15, 0.2) is 48.5 Å². The Bertz CT molecular complexity index is 676. The molecule has 2 aromatic rings. The van der Waals surface area contributed by atoms with Crippen molar-refractivity contribution in [3.63, 3.8) is 0 Å². The molecule has 1 aliphatic heterocycles. The molecule has 3 heteroatoms. The minimum atomic E-state index is 0.130. The average Bonchev–Trinajstić information content (AvgIpc) is 2.91. The molecule has 1 unspecified atom stereocenters. The molecule has 1 aliphatic rings. The molecule has 2 aromatic carbocycles. The third-order valence-corrected chi connectivity index (χ3v) is 5.59. The van der Waals surface area contributed by atoms with Gasteiger partial charge < -0.3 is 4.90 Å². The van der Waals surface area contributed by atoms with E-state index in [9.17, 15) is 4.79 Å². The summed E-state index contributed by atoms with van der Waals surface area (Å²) in [5, 5.41) is 0.130. The SMILES string of the molecule is Cc1ccc(CN2C(=O)CSC2c2ccc(C(C)C)cc2)cc1. The minimum absolute atomic E-state index is 0.130. The van der Waals surface area contributed by atoms with Gasteiger partial charge in [-0.2, -0.15) is 0 Å². The van der Waals surface area contributed by atoms with E-state index in [4.69, 9.17) is 0 Å². The Morgan fingerprint density at radius 2 is 1.74 bits per heavy atom. The number of hydrogen-bond acceptors (Lipinski definition) is 2. The molecule has 120 valence electrons. The zero-order valence-corrected chi connectivity index (χ0v) is 14.8. The van der Waals surface area contributed by atoms with Crippen molar-refractivity contribution in [3.8, 4) is 0 Å². The maximum absolute atomic E-state index is 12.3. The molecule has 0 N–H and O–H groups in total. The molecule has 1 amide bonds. The maximum atomic E-state index is 12.3. The number of nitrogens with zero attached hydrogens (tertiary/aromatic N) is 1. The summed E-state index contributed by atoms with van der Waals surface area (Å²) in [7, 11) is 0. The lowest BCUT2D eigenvalue weighted by Crippen LogP contribution is -2.27. The summed E-state index contributed by atoms with van der Waals surface area (Å²) in [6.07, 6.45) is 0. The number of thioether (sulfide) groups is 1. The molecule has 2 nitrogen and oxygen atoms in total. The summed E-state index contributed by atoms with van der Waals surface area (Å²) in [6.45, 7) is 7.17. The van der Waals surface area contributed by atoms with Crippen LogP contribution >= 0.6 is 11.8 Å². The van der Waals surface area contributed by atoms with E-state index in [1.54, 1.807) is 11.8 Å². The number of hydrogen-bond donors (Lipinski definition) is 0. The van der Waals surface area contributed by atoms with E-state index < -0.39 is 0 Å². The van der Waals surface area contributed by atoms with E-state index in [2.05, 4.69) is 69.3 Å². The van der Waals surface area contributed by atoms with Gasteiger partial charge in [-0.3, -0.25) is 4.79 Å². The van der Waals surface area contributed by atoms with Crippen molar-refractivity contribution >= 4 is 17.7 Å². The summed E-state index contributed by atoms with van der Waals surface area (Å²) in [4.78, 5) is 14.3. The third kappa shape index (κ3) is 3.61. The summed E-state index contributed by atoms with van der Waals surface area (Å²) in [6, 6.07) is 17.2. The number of rotatable bonds is 4. The molecule has 23 heavy (non-hydrogen) atoms. The van der Waals surface area contributed by atoms with Gasteiger partial charge >= 0.3 is 0 Å². The van der Waals surface area contributed by atoms with Crippen LogP contribution in [0.5, 0.6) is 0 Å². The van der Waals surface area contributed by atoms with Crippen LogP contribution < -0.4 is 0 Å². The number of carbonyl (C=O) groups excluding carboxylic acids is 1. The summed E-state index contributed by atoms with van der Waals surface area (Å²) >= 11 is 1.72. The van der Waals surface area contributed by atoms with Crippen LogP contribution in [0.2, 0.25) is 0 Å². The van der Waals surface area contributed by atoms with Crippen molar-refractivity contribution in [3.05, 3.63) is 70.8 Å².